The van der Waals surface area contributed by atoms with Crippen molar-refractivity contribution in [2.45, 2.75) is 6.54 Å². The lowest BCUT2D eigenvalue weighted by Gasteiger charge is -2.07. The largest absolute Gasteiger partial charge is 0.482 e. The summed E-state index contributed by atoms with van der Waals surface area (Å²) in [6.45, 7) is -0.0670. The number of rotatable bonds is 6. The Morgan fingerprint density at radius 3 is 2.79 bits per heavy atom. The Hall–Kier alpha value is -3.28. The quantitative estimate of drug-likeness (QED) is 0.729. The summed E-state index contributed by atoms with van der Waals surface area (Å²) in [4.78, 5) is 22.8. The third-order valence-corrected chi connectivity index (χ3v) is 3.48. The number of aliphatic carboxylic acids is 1. The lowest BCUT2D eigenvalue weighted by Crippen LogP contribution is -2.22. The zero-order chi connectivity index (χ0) is 16.9. The first kappa shape index (κ1) is 15.6. The molecule has 3 rings (SSSR count). The van der Waals surface area contributed by atoms with Gasteiger partial charge in [0, 0.05) is 24.5 Å². The number of nitrogens with one attached hydrogen (secondary N) is 1. The molecular formula is C18H16N2O4. The van der Waals surface area contributed by atoms with Gasteiger partial charge in [0.1, 0.15) is 5.75 Å². The number of pyridine rings is 1. The summed E-state index contributed by atoms with van der Waals surface area (Å²) >= 11 is 0. The maximum absolute atomic E-state index is 12.3. The standard InChI is InChI=1S/C18H16N2O4/c21-17(22)12-24-16-6-3-4-13(8-16)10-19-18(23)14-9-15-5-1-2-7-20(15)11-14/h1-9,11H,10,12H2,(H,19,23)(H,21,22). The number of fused-ring (bicyclic) bond motifs is 1. The molecule has 0 spiro atoms. The van der Waals surface area contributed by atoms with Crippen LogP contribution in [0.3, 0.4) is 0 Å². The highest BCUT2D eigenvalue weighted by molar-refractivity contribution is 5.95. The number of carboxylic acid groups (broad SMARTS) is 1. The third-order valence-electron chi connectivity index (χ3n) is 3.48. The zero-order valence-corrected chi connectivity index (χ0v) is 12.8. The molecule has 6 heteroatoms. The van der Waals surface area contributed by atoms with E-state index in [-0.39, 0.29) is 5.91 Å². The second kappa shape index (κ2) is 6.87. The molecule has 2 N–H and O–H groups in total. The van der Waals surface area contributed by atoms with Crippen LogP contribution in [0, 0.1) is 0 Å². The van der Waals surface area contributed by atoms with E-state index in [1.165, 1.54) is 0 Å². The molecule has 6 nitrogen and oxygen atoms in total. The predicted octanol–water partition coefficient (Wildman–Crippen LogP) is 2.33. The third kappa shape index (κ3) is 3.73. The van der Waals surface area contributed by atoms with Gasteiger partial charge in [-0.1, -0.05) is 18.2 Å². The van der Waals surface area contributed by atoms with E-state index in [1.807, 2.05) is 40.9 Å². The van der Waals surface area contributed by atoms with Crippen molar-refractivity contribution in [2.24, 2.45) is 0 Å². The number of hydrogen-bond acceptors (Lipinski definition) is 3. The molecule has 122 valence electrons. The molecule has 2 heterocycles. The normalized spacial score (nSPS) is 10.5. The van der Waals surface area contributed by atoms with Gasteiger partial charge in [0.2, 0.25) is 0 Å². The van der Waals surface area contributed by atoms with E-state index in [2.05, 4.69) is 5.32 Å². The lowest BCUT2D eigenvalue weighted by molar-refractivity contribution is -0.139. The Bertz CT molecular complexity index is 852. The van der Waals surface area contributed by atoms with Crippen molar-refractivity contribution in [1.29, 1.82) is 0 Å². The van der Waals surface area contributed by atoms with Crippen LogP contribution < -0.4 is 10.1 Å². The van der Waals surface area contributed by atoms with Crippen LogP contribution in [0.4, 0.5) is 0 Å². The molecule has 0 atom stereocenters. The number of nitrogens with zero attached hydrogens (tertiary/aromatic N) is 1. The van der Waals surface area contributed by atoms with E-state index in [4.69, 9.17) is 9.84 Å². The van der Waals surface area contributed by atoms with Crippen molar-refractivity contribution in [3.63, 3.8) is 0 Å². The van der Waals surface area contributed by atoms with E-state index in [0.29, 0.717) is 17.9 Å². The summed E-state index contributed by atoms with van der Waals surface area (Å²) < 4.78 is 7.01. The van der Waals surface area contributed by atoms with Crippen LogP contribution >= 0.6 is 0 Å². The van der Waals surface area contributed by atoms with E-state index < -0.39 is 12.6 Å². The highest BCUT2D eigenvalue weighted by Gasteiger charge is 2.08. The summed E-state index contributed by atoms with van der Waals surface area (Å²) in [5, 5.41) is 11.5. The molecule has 0 saturated heterocycles. The smallest absolute Gasteiger partial charge is 0.341 e. The van der Waals surface area contributed by atoms with Crippen LogP contribution in [0.1, 0.15) is 15.9 Å². The van der Waals surface area contributed by atoms with Crippen molar-refractivity contribution < 1.29 is 19.4 Å². The number of carbonyl (C=O) groups is 2. The summed E-state index contributed by atoms with van der Waals surface area (Å²) in [6.07, 6.45) is 3.66. The summed E-state index contributed by atoms with van der Waals surface area (Å²) in [5.74, 6) is -0.746. The van der Waals surface area contributed by atoms with Crippen molar-refractivity contribution in [3.05, 3.63) is 72.1 Å². The molecule has 0 aliphatic heterocycles. The highest BCUT2D eigenvalue weighted by Crippen LogP contribution is 2.14. The van der Waals surface area contributed by atoms with Crippen LogP contribution in [0.2, 0.25) is 0 Å². The van der Waals surface area contributed by atoms with Gasteiger partial charge < -0.3 is 19.6 Å². The fourth-order valence-corrected chi connectivity index (χ4v) is 2.35. The molecule has 24 heavy (non-hydrogen) atoms. The Balaban J connectivity index is 1.63. The molecule has 0 aliphatic carbocycles. The van der Waals surface area contributed by atoms with Crippen molar-refractivity contribution >= 4 is 17.4 Å². The van der Waals surface area contributed by atoms with Crippen LogP contribution in [0.5, 0.6) is 5.75 Å². The van der Waals surface area contributed by atoms with Gasteiger partial charge >= 0.3 is 5.97 Å². The first-order chi connectivity index (χ1) is 11.6. The monoisotopic (exact) mass is 324 g/mol. The first-order valence-electron chi connectivity index (χ1n) is 7.40. The summed E-state index contributed by atoms with van der Waals surface area (Å²) in [7, 11) is 0. The van der Waals surface area contributed by atoms with Crippen molar-refractivity contribution in [3.8, 4) is 5.75 Å². The van der Waals surface area contributed by atoms with Crippen LogP contribution in [0.15, 0.2) is 60.9 Å². The number of carboxylic acids is 1. The molecule has 0 radical (unpaired) electrons. The highest BCUT2D eigenvalue weighted by atomic mass is 16.5. The van der Waals surface area contributed by atoms with E-state index in [1.54, 1.807) is 24.4 Å². The first-order valence-corrected chi connectivity index (χ1v) is 7.40. The molecule has 0 fully saturated rings. The summed E-state index contributed by atoms with van der Waals surface area (Å²) in [6, 6.07) is 14.5. The molecular weight excluding hydrogens is 308 g/mol. The van der Waals surface area contributed by atoms with Crippen molar-refractivity contribution in [1.82, 2.24) is 9.72 Å². The number of aromatic nitrogens is 1. The Morgan fingerprint density at radius 1 is 1.12 bits per heavy atom. The molecule has 3 aromatic rings. The maximum Gasteiger partial charge on any atom is 0.341 e. The minimum Gasteiger partial charge on any atom is -0.482 e. The number of hydrogen-bond donors (Lipinski definition) is 2. The molecule has 1 amide bonds. The Labute approximate surface area is 138 Å². The van der Waals surface area contributed by atoms with Gasteiger partial charge in [-0.05, 0) is 35.9 Å². The van der Waals surface area contributed by atoms with Crippen LogP contribution in [-0.2, 0) is 11.3 Å². The van der Waals surface area contributed by atoms with Gasteiger partial charge in [-0.3, -0.25) is 4.79 Å². The lowest BCUT2D eigenvalue weighted by atomic mass is 10.2. The van der Waals surface area contributed by atoms with Gasteiger partial charge in [-0.15, -0.1) is 0 Å². The average molecular weight is 324 g/mol. The zero-order valence-electron chi connectivity index (χ0n) is 12.8. The van der Waals surface area contributed by atoms with Gasteiger partial charge in [0.05, 0.1) is 5.56 Å². The van der Waals surface area contributed by atoms with E-state index >= 15 is 0 Å². The summed E-state index contributed by atoms with van der Waals surface area (Å²) in [5.41, 5.74) is 2.36. The molecule has 1 aromatic carbocycles. The second-order valence-electron chi connectivity index (χ2n) is 5.27. The molecule has 0 unspecified atom stereocenters. The van der Waals surface area contributed by atoms with E-state index in [0.717, 1.165) is 11.1 Å². The minimum atomic E-state index is -1.03. The Morgan fingerprint density at radius 2 is 2.00 bits per heavy atom. The number of ether oxygens (including phenoxy) is 1. The number of amides is 1. The SMILES string of the molecule is O=C(O)COc1cccc(CNC(=O)c2cc3ccccn3c2)c1. The van der Waals surface area contributed by atoms with Gasteiger partial charge in [0.15, 0.2) is 6.61 Å². The number of benzene rings is 1. The van der Waals surface area contributed by atoms with Crippen LogP contribution in [0.25, 0.3) is 5.52 Å². The van der Waals surface area contributed by atoms with E-state index in [9.17, 15) is 9.59 Å². The fraction of sp³-hybridized carbons (Fsp3) is 0.111. The molecule has 2 aromatic heterocycles. The van der Waals surface area contributed by atoms with Gasteiger partial charge in [0.25, 0.3) is 5.91 Å². The average Bonchev–Trinajstić information content (AvgIpc) is 3.02. The Kier molecular flexibility index (Phi) is 4.47. The fourth-order valence-electron chi connectivity index (χ4n) is 2.35. The van der Waals surface area contributed by atoms with Crippen LogP contribution in [-0.4, -0.2) is 28.0 Å². The van der Waals surface area contributed by atoms with Gasteiger partial charge in [-0.25, -0.2) is 4.79 Å². The maximum atomic E-state index is 12.3. The number of carbonyl (C=O) groups excluding carboxylic acids is 1. The van der Waals surface area contributed by atoms with Gasteiger partial charge in [-0.2, -0.15) is 0 Å². The van der Waals surface area contributed by atoms with Crippen molar-refractivity contribution in [2.75, 3.05) is 6.61 Å². The topological polar surface area (TPSA) is 80.0 Å². The minimum absolute atomic E-state index is 0.171. The molecule has 0 aliphatic rings. The second-order valence-corrected chi connectivity index (χ2v) is 5.27. The molecule has 0 saturated carbocycles. The predicted molar refractivity (Wildman–Crippen MR) is 88.1 cm³/mol. The molecule has 0 bridgehead atoms.